The second-order valence-corrected chi connectivity index (χ2v) is 7.75. The number of benzene rings is 2. The Balaban J connectivity index is 1.57. The van der Waals surface area contributed by atoms with Crippen LogP contribution in [0.5, 0.6) is 5.75 Å². The molecule has 0 unspecified atom stereocenters. The van der Waals surface area contributed by atoms with Gasteiger partial charge in [0.25, 0.3) is 0 Å². The maximum atomic E-state index is 5.46. The molecule has 1 aliphatic heterocycles. The lowest BCUT2D eigenvalue weighted by molar-refractivity contribution is 0.415. The normalized spacial score (nSPS) is 17.9. The number of ether oxygens (including phenoxy) is 1. The Morgan fingerprint density at radius 2 is 2.00 bits per heavy atom. The quantitative estimate of drug-likeness (QED) is 0.712. The van der Waals surface area contributed by atoms with E-state index in [2.05, 4.69) is 53.6 Å². The molecule has 2 aromatic rings. The molecule has 5 heteroatoms. The first-order valence-corrected chi connectivity index (χ1v) is 10.0. The van der Waals surface area contributed by atoms with Crippen LogP contribution in [0.25, 0.3) is 0 Å². The minimum Gasteiger partial charge on any atom is -0.497 e. The Labute approximate surface area is 167 Å². The van der Waals surface area contributed by atoms with Gasteiger partial charge in [-0.15, -0.1) is 0 Å². The van der Waals surface area contributed by atoms with Crippen LogP contribution in [0.15, 0.2) is 48.5 Å². The fourth-order valence-corrected chi connectivity index (χ4v) is 3.84. The minimum atomic E-state index is 0.130. The zero-order valence-electron chi connectivity index (χ0n) is 16.4. The first-order valence-electron chi connectivity index (χ1n) is 9.61. The molecular weight excluding hydrogens is 354 g/mol. The maximum absolute atomic E-state index is 5.46. The highest BCUT2D eigenvalue weighted by Crippen LogP contribution is 2.25. The van der Waals surface area contributed by atoms with Crippen molar-refractivity contribution in [3.8, 4) is 5.75 Å². The molecule has 3 rings (SSSR count). The smallest absolute Gasteiger partial charge is 0.171 e. The third kappa shape index (κ3) is 5.36. The molecule has 1 heterocycles. The van der Waals surface area contributed by atoms with Gasteiger partial charge < -0.3 is 20.3 Å². The Morgan fingerprint density at radius 1 is 1.22 bits per heavy atom. The maximum Gasteiger partial charge on any atom is 0.171 e. The van der Waals surface area contributed by atoms with E-state index >= 15 is 0 Å². The summed E-state index contributed by atoms with van der Waals surface area (Å²) in [4.78, 5) is 2.49. The van der Waals surface area contributed by atoms with E-state index in [1.165, 1.54) is 24.1 Å². The number of hydrogen-bond acceptors (Lipinski definition) is 3. The van der Waals surface area contributed by atoms with Crippen molar-refractivity contribution in [3.05, 3.63) is 54.1 Å². The number of nitrogens with zero attached hydrogens (tertiary/aromatic N) is 1. The number of nitrogens with one attached hydrogen (secondary N) is 2. The third-order valence-electron chi connectivity index (χ3n) is 5.09. The fraction of sp³-hybridized carbons (Fsp3) is 0.409. The lowest BCUT2D eigenvalue weighted by atomic mass is 9.99. The molecule has 0 aromatic heterocycles. The van der Waals surface area contributed by atoms with Crippen molar-refractivity contribution in [1.29, 1.82) is 0 Å². The first kappa shape index (κ1) is 19.5. The highest BCUT2D eigenvalue weighted by atomic mass is 32.1. The Kier molecular flexibility index (Phi) is 6.56. The van der Waals surface area contributed by atoms with E-state index in [0.29, 0.717) is 5.11 Å². The molecular formula is C22H29N3OS. The van der Waals surface area contributed by atoms with Crippen LogP contribution in [0.2, 0.25) is 0 Å². The average Bonchev–Trinajstić information content (AvgIpc) is 2.68. The summed E-state index contributed by atoms with van der Waals surface area (Å²) >= 11 is 5.46. The molecule has 27 heavy (non-hydrogen) atoms. The predicted molar refractivity (Wildman–Crippen MR) is 118 cm³/mol. The van der Waals surface area contributed by atoms with E-state index < -0.39 is 0 Å². The van der Waals surface area contributed by atoms with Crippen molar-refractivity contribution in [2.75, 3.05) is 30.4 Å². The van der Waals surface area contributed by atoms with Crippen molar-refractivity contribution in [2.24, 2.45) is 5.92 Å². The summed E-state index contributed by atoms with van der Waals surface area (Å²) < 4.78 is 5.25. The number of rotatable bonds is 5. The van der Waals surface area contributed by atoms with Crippen LogP contribution in [0.3, 0.4) is 0 Å². The van der Waals surface area contributed by atoms with Crippen LogP contribution in [-0.2, 0) is 0 Å². The van der Waals surface area contributed by atoms with Gasteiger partial charge in [-0.2, -0.15) is 0 Å². The van der Waals surface area contributed by atoms with E-state index in [1.807, 2.05) is 24.3 Å². The van der Waals surface area contributed by atoms with E-state index in [1.54, 1.807) is 7.11 Å². The molecule has 0 saturated carbocycles. The van der Waals surface area contributed by atoms with Crippen molar-refractivity contribution in [1.82, 2.24) is 5.32 Å². The Bertz CT molecular complexity index is 762. The van der Waals surface area contributed by atoms with E-state index in [4.69, 9.17) is 17.0 Å². The van der Waals surface area contributed by atoms with Gasteiger partial charge in [0.2, 0.25) is 0 Å². The second kappa shape index (κ2) is 9.09. The van der Waals surface area contributed by atoms with Gasteiger partial charge in [-0.3, -0.25) is 0 Å². The summed E-state index contributed by atoms with van der Waals surface area (Å²) in [6.45, 7) is 6.77. The van der Waals surface area contributed by atoms with Crippen LogP contribution >= 0.6 is 12.2 Å². The van der Waals surface area contributed by atoms with Gasteiger partial charge in [0.15, 0.2) is 5.11 Å². The van der Waals surface area contributed by atoms with Gasteiger partial charge in [-0.05, 0) is 67.7 Å². The number of hydrogen-bond donors (Lipinski definition) is 2. The van der Waals surface area contributed by atoms with Crippen molar-refractivity contribution < 1.29 is 4.74 Å². The second-order valence-electron chi connectivity index (χ2n) is 7.34. The highest BCUT2D eigenvalue weighted by molar-refractivity contribution is 7.80. The molecule has 0 radical (unpaired) electrons. The van der Waals surface area contributed by atoms with Crippen molar-refractivity contribution in [2.45, 2.75) is 32.7 Å². The van der Waals surface area contributed by atoms with Gasteiger partial charge in [0.1, 0.15) is 5.75 Å². The van der Waals surface area contributed by atoms with E-state index in [-0.39, 0.29) is 6.04 Å². The molecule has 4 nitrogen and oxygen atoms in total. The highest BCUT2D eigenvalue weighted by Gasteiger charge is 2.17. The lowest BCUT2D eigenvalue weighted by Gasteiger charge is -2.33. The summed E-state index contributed by atoms with van der Waals surface area (Å²) in [7, 11) is 1.66. The number of anilines is 2. The fourth-order valence-electron chi connectivity index (χ4n) is 3.55. The molecule has 1 saturated heterocycles. The minimum absolute atomic E-state index is 0.130. The Hall–Kier alpha value is -2.27. The molecule has 0 aliphatic carbocycles. The largest absolute Gasteiger partial charge is 0.497 e. The van der Waals surface area contributed by atoms with Crippen LogP contribution in [-0.4, -0.2) is 25.3 Å². The SMILES string of the molecule is COc1cccc(NC(=S)N[C@@H](C)c2ccc(N3CCC[C@H](C)C3)cc2)c1. The standard InChI is InChI=1S/C22H29N3OS/c1-16-6-5-13-25(15-16)20-11-9-18(10-12-20)17(2)23-22(27)24-19-7-4-8-21(14-19)26-3/h4,7-12,14,16-17H,5-6,13,15H2,1-3H3,(H2,23,24,27)/t16-,17-/m0/s1. The monoisotopic (exact) mass is 383 g/mol. The number of methoxy groups -OCH3 is 1. The van der Waals surface area contributed by atoms with Gasteiger partial charge in [0.05, 0.1) is 13.2 Å². The van der Waals surface area contributed by atoms with Crippen LogP contribution in [0, 0.1) is 5.92 Å². The zero-order chi connectivity index (χ0) is 19.2. The van der Waals surface area contributed by atoms with E-state index in [9.17, 15) is 0 Å². The molecule has 0 spiro atoms. The van der Waals surface area contributed by atoms with Crippen LogP contribution < -0.4 is 20.3 Å². The summed E-state index contributed by atoms with van der Waals surface area (Å²) in [6, 6.07) is 16.7. The molecule has 2 N–H and O–H groups in total. The first-order chi connectivity index (χ1) is 13.0. The number of piperidine rings is 1. The predicted octanol–water partition coefficient (Wildman–Crippen LogP) is 4.98. The lowest BCUT2D eigenvalue weighted by Crippen LogP contribution is -2.34. The zero-order valence-corrected chi connectivity index (χ0v) is 17.2. The van der Waals surface area contributed by atoms with Gasteiger partial charge in [0, 0.05) is 30.5 Å². The molecule has 2 aromatic carbocycles. The summed E-state index contributed by atoms with van der Waals surface area (Å²) in [5.41, 5.74) is 3.45. The van der Waals surface area contributed by atoms with Crippen LogP contribution in [0.1, 0.15) is 38.3 Å². The van der Waals surface area contributed by atoms with Crippen LogP contribution in [0.4, 0.5) is 11.4 Å². The summed E-state index contributed by atoms with van der Waals surface area (Å²) in [5, 5.41) is 7.17. The van der Waals surface area contributed by atoms with Gasteiger partial charge in [-0.1, -0.05) is 25.1 Å². The van der Waals surface area contributed by atoms with Crippen molar-refractivity contribution >= 4 is 28.7 Å². The van der Waals surface area contributed by atoms with E-state index in [0.717, 1.165) is 30.4 Å². The van der Waals surface area contributed by atoms with Gasteiger partial charge in [-0.25, -0.2) is 0 Å². The molecule has 144 valence electrons. The summed E-state index contributed by atoms with van der Waals surface area (Å²) in [5.74, 6) is 1.58. The average molecular weight is 384 g/mol. The molecule has 0 bridgehead atoms. The number of thiocarbonyl (C=S) groups is 1. The molecule has 0 amide bonds. The van der Waals surface area contributed by atoms with Gasteiger partial charge >= 0.3 is 0 Å². The molecule has 2 atom stereocenters. The third-order valence-corrected chi connectivity index (χ3v) is 5.31. The Morgan fingerprint density at radius 3 is 2.70 bits per heavy atom. The molecule has 1 aliphatic rings. The topological polar surface area (TPSA) is 36.5 Å². The molecule has 1 fully saturated rings. The van der Waals surface area contributed by atoms with Crippen molar-refractivity contribution in [3.63, 3.8) is 0 Å². The summed E-state index contributed by atoms with van der Waals surface area (Å²) in [6.07, 6.45) is 2.62.